The Morgan fingerprint density at radius 2 is 1.92 bits per heavy atom. The lowest BCUT2D eigenvalue weighted by Crippen LogP contribution is -2.46. The van der Waals surface area contributed by atoms with Crippen LogP contribution in [0.15, 0.2) is 0 Å². The predicted molar refractivity (Wildman–Crippen MR) is 49.5 cm³/mol. The molecule has 0 aromatic carbocycles. The minimum Gasteiger partial charge on any atom is -0.336 e. The molecule has 1 aliphatic rings. The molecule has 0 unspecified atom stereocenters. The highest BCUT2D eigenvalue weighted by molar-refractivity contribution is 5.82. The van der Waals surface area contributed by atoms with Gasteiger partial charge in [-0.05, 0) is 13.8 Å². The Morgan fingerprint density at radius 1 is 1.38 bits per heavy atom. The van der Waals surface area contributed by atoms with Gasteiger partial charge in [-0.3, -0.25) is 4.79 Å². The first-order chi connectivity index (χ1) is 6.09. The fourth-order valence-electron chi connectivity index (χ4n) is 1.30. The second-order valence-electron chi connectivity index (χ2n) is 3.63. The third-order valence-electron chi connectivity index (χ3n) is 2.02. The molecular formula is C9H16N2O2. The van der Waals surface area contributed by atoms with Crippen molar-refractivity contribution in [1.82, 2.24) is 10.2 Å². The lowest BCUT2D eigenvalue weighted by atomic mass is 10.1. The summed E-state index contributed by atoms with van der Waals surface area (Å²) < 4.78 is 0. The van der Waals surface area contributed by atoms with Gasteiger partial charge in [0, 0.05) is 32.0 Å². The Hall–Kier alpha value is -1.06. The fourth-order valence-corrected chi connectivity index (χ4v) is 1.30. The first-order valence-corrected chi connectivity index (χ1v) is 4.66. The molecule has 1 aliphatic heterocycles. The molecule has 1 fully saturated rings. The van der Waals surface area contributed by atoms with Crippen molar-refractivity contribution < 1.29 is 9.59 Å². The van der Waals surface area contributed by atoms with Crippen LogP contribution in [-0.4, -0.2) is 35.8 Å². The SMILES string of the molecule is CC(C)NC(=O)N1CCC(=O)CC1. The Balaban J connectivity index is 2.35. The third kappa shape index (κ3) is 3.05. The number of urea groups is 1. The molecule has 0 radical (unpaired) electrons. The van der Waals surface area contributed by atoms with Crippen LogP contribution < -0.4 is 5.32 Å². The smallest absolute Gasteiger partial charge is 0.317 e. The van der Waals surface area contributed by atoms with Gasteiger partial charge in [-0.2, -0.15) is 0 Å². The monoisotopic (exact) mass is 184 g/mol. The quantitative estimate of drug-likeness (QED) is 0.654. The zero-order chi connectivity index (χ0) is 9.84. The zero-order valence-corrected chi connectivity index (χ0v) is 8.17. The van der Waals surface area contributed by atoms with Crippen LogP contribution in [0, 0.1) is 0 Å². The number of nitrogens with one attached hydrogen (secondary N) is 1. The molecule has 0 atom stereocenters. The van der Waals surface area contributed by atoms with E-state index < -0.39 is 0 Å². The van der Waals surface area contributed by atoms with Gasteiger partial charge in [-0.25, -0.2) is 4.79 Å². The maximum Gasteiger partial charge on any atom is 0.317 e. The highest BCUT2D eigenvalue weighted by atomic mass is 16.2. The Morgan fingerprint density at radius 3 is 2.38 bits per heavy atom. The maximum atomic E-state index is 11.4. The molecule has 0 aliphatic carbocycles. The average Bonchev–Trinajstić information content (AvgIpc) is 2.04. The van der Waals surface area contributed by atoms with Crippen molar-refractivity contribution in [3.8, 4) is 0 Å². The van der Waals surface area contributed by atoms with E-state index in [0.717, 1.165) is 0 Å². The number of ketones is 1. The normalized spacial score (nSPS) is 17.8. The minimum absolute atomic E-state index is 0.0532. The number of nitrogens with zero attached hydrogens (tertiary/aromatic N) is 1. The number of hydrogen-bond donors (Lipinski definition) is 1. The van der Waals surface area contributed by atoms with E-state index >= 15 is 0 Å². The minimum atomic E-state index is -0.0532. The van der Waals surface area contributed by atoms with E-state index in [1.807, 2.05) is 13.8 Å². The van der Waals surface area contributed by atoms with Crippen LogP contribution >= 0.6 is 0 Å². The summed E-state index contributed by atoms with van der Waals surface area (Å²) in [5.74, 6) is 0.258. The van der Waals surface area contributed by atoms with Crippen molar-refractivity contribution in [3.63, 3.8) is 0 Å². The molecule has 1 heterocycles. The molecule has 74 valence electrons. The molecule has 1 rings (SSSR count). The Bertz CT molecular complexity index is 204. The van der Waals surface area contributed by atoms with Crippen LogP contribution in [0.4, 0.5) is 4.79 Å². The summed E-state index contributed by atoms with van der Waals surface area (Å²) in [6, 6.07) is 0.104. The number of carbonyl (C=O) groups excluding carboxylic acids is 2. The van der Waals surface area contributed by atoms with Gasteiger partial charge in [0.1, 0.15) is 5.78 Å². The third-order valence-corrected chi connectivity index (χ3v) is 2.02. The van der Waals surface area contributed by atoms with E-state index in [-0.39, 0.29) is 17.9 Å². The zero-order valence-electron chi connectivity index (χ0n) is 8.17. The second-order valence-corrected chi connectivity index (χ2v) is 3.63. The van der Waals surface area contributed by atoms with Gasteiger partial charge in [0.2, 0.25) is 0 Å². The van der Waals surface area contributed by atoms with Gasteiger partial charge in [0.05, 0.1) is 0 Å². The molecule has 4 nitrogen and oxygen atoms in total. The number of piperidine rings is 1. The molecule has 0 aromatic heterocycles. The van der Waals surface area contributed by atoms with Gasteiger partial charge in [-0.15, -0.1) is 0 Å². The molecule has 0 spiro atoms. The number of rotatable bonds is 1. The van der Waals surface area contributed by atoms with Crippen LogP contribution in [-0.2, 0) is 4.79 Å². The van der Waals surface area contributed by atoms with E-state index in [1.54, 1.807) is 4.90 Å². The maximum absolute atomic E-state index is 11.4. The standard InChI is InChI=1S/C9H16N2O2/c1-7(2)10-9(13)11-5-3-8(12)4-6-11/h7H,3-6H2,1-2H3,(H,10,13). The number of hydrogen-bond acceptors (Lipinski definition) is 2. The van der Waals surface area contributed by atoms with E-state index in [1.165, 1.54) is 0 Å². The molecule has 2 amide bonds. The van der Waals surface area contributed by atoms with E-state index in [2.05, 4.69) is 5.32 Å². The molecule has 0 saturated carbocycles. The van der Waals surface area contributed by atoms with Crippen LogP contribution in [0.1, 0.15) is 26.7 Å². The van der Waals surface area contributed by atoms with Gasteiger partial charge in [0.25, 0.3) is 0 Å². The van der Waals surface area contributed by atoms with Crippen molar-refractivity contribution >= 4 is 11.8 Å². The topological polar surface area (TPSA) is 49.4 Å². The van der Waals surface area contributed by atoms with Crippen molar-refractivity contribution in [2.75, 3.05) is 13.1 Å². The summed E-state index contributed by atoms with van der Waals surface area (Å²) in [7, 11) is 0. The fraction of sp³-hybridized carbons (Fsp3) is 0.778. The average molecular weight is 184 g/mol. The van der Waals surface area contributed by atoms with Crippen LogP contribution in [0.2, 0.25) is 0 Å². The summed E-state index contributed by atoms with van der Waals surface area (Å²) in [5.41, 5.74) is 0. The molecule has 0 bridgehead atoms. The largest absolute Gasteiger partial charge is 0.336 e. The van der Waals surface area contributed by atoms with Crippen molar-refractivity contribution in [1.29, 1.82) is 0 Å². The van der Waals surface area contributed by atoms with Crippen molar-refractivity contribution in [2.45, 2.75) is 32.7 Å². The number of likely N-dealkylation sites (tertiary alicyclic amines) is 1. The molecular weight excluding hydrogens is 168 g/mol. The highest BCUT2D eigenvalue weighted by Crippen LogP contribution is 2.05. The highest BCUT2D eigenvalue weighted by Gasteiger charge is 2.20. The van der Waals surface area contributed by atoms with E-state index in [9.17, 15) is 9.59 Å². The van der Waals surface area contributed by atoms with Crippen LogP contribution in [0.25, 0.3) is 0 Å². The van der Waals surface area contributed by atoms with Gasteiger partial charge in [0.15, 0.2) is 0 Å². The second kappa shape index (κ2) is 4.25. The lowest BCUT2D eigenvalue weighted by Gasteiger charge is -2.27. The Kier molecular flexibility index (Phi) is 3.28. The number of amides is 2. The summed E-state index contributed by atoms with van der Waals surface area (Å²) in [5, 5.41) is 2.80. The summed E-state index contributed by atoms with van der Waals surface area (Å²) in [4.78, 5) is 24.0. The first-order valence-electron chi connectivity index (χ1n) is 4.66. The first kappa shape index (κ1) is 10.0. The Labute approximate surface area is 78.3 Å². The number of carbonyl (C=O) groups is 2. The van der Waals surface area contributed by atoms with E-state index in [4.69, 9.17) is 0 Å². The van der Waals surface area contributed by atoms with Gasteiger partial charge < -0.3 is 10.2 Å². The molecule has 1 N–H and O–H groups in total. The van der Waals surface area contributed by atoms with Gasteiger partial charge in [-0.1, -0.05) is 0 Å². The van der Waals surface area contributed by atoms with E-state index in [0.29, 0.717) is 25.9 Å². The molecule has 0 aromatic rings. The molecule has 13 heavy (non-hydrogen) atoms. The summed E-state index contributed by atoms with van der Waals surface area (Å²) >= 11 is 0. The predicted octanol–water partition coefficient (Wildman–Crippen LogP) is 0.769. The molecule has 1 saturated heterocycles. The van der Waals surface area contributed by atoms with Gasteiger partial charge >= 0.3 is 6.03 Å². The number of Topliss-reactive ketones (excluding diaryl/α,β-unsaturated/α-hetero) is 1. The summed E-state index contributed by atoms with van der Waals surface area (Å²) in [6.45, 7) is 4.98. The molecule has 4 heteroatoms. The van der Waals surface area contributed by atoms with Crippen molar-refractivity contribution in [2.24, 2.45) is 0 Å². The van der Waals surface area contributed by atoms with Crippen LogP contribution in [0.3, 0.4) is 0 Å². The summed E-state index contributed by atoms with van der Waals surface area (Å²) in [6.07, 6.45) is 1.01. The van der Waals surface area contributed by atoms with Crippen molar-refractivity contribution in [3.05, 3.63) is 0 Å². The lowest BCUT2D eigenvalue weighted by molar-refractivity contribution is -0.120. The van der Waals surface area contributed by atoms with Crippen LogP contribution in [0.5, 0.6) is 0 Å².